The summed E-state index contributed by atoms with van der Waals surface area (Å²) in [6.07, 6.45) is 4.15. The smallest absolute Gasteiger partial charge is 0.354 e. The number of carboxylic acids is 1. The monoisotopic (exact) mass is 191 g/mol. The van der Waals surface area contributed by atoms with Gasteiger partial charge in [-0.3, -0.25) is 4.57 Å². The van der Waals surface area contributed by atoms with Crippen molar-refractivity contribution in [3.05, 3.63) is 30.6 Å². The fourth-order valence-electron chi connectivity index (χ4n) is 0.896. The first kappa shape index (κ1) is 8.30. The van der Waals surface area contributed by atoms with E-state index in [1.165, 1.54) is 29.5 Å². The first-order valence-corrected chi connectivity index (χ1v) is 3.69. The number of aromatic nitrogens is 5. The van der Waals surface area contributed by atoms with Crippen LogP contribution in [0.15, 0.2) is 24.9 Å². The molecule has 2 rings (SSSR count). The molecule has 0 saturated carbocycles. The Bertz CT molecular complexity index is 453. The highest BCUT2D eigenvalue weighted by molar-refractivity contribution is 5.85. The van der Waals surface area contributed by atoms with Crippen LogP contribution in [0.5, 0.6) is 0 Å². The molecular formula is C7H5N5O2. The van der Waals surface area contributed by atoms with Crippen molar-refractivity contribution in [2.45, 2.75) is 0 Å². The zero-order valence-electron chi connectivity index (χ0n) is 6.90. The second-order valence-corrected chi connectivity index (χ2v) is 2.42. The van der Waals surface area contributed by atoms with Crippen LogP contribution in [0.25, 0.3) is 5.95 Å². The van der Waals surface area contributed by atoms with Crippen LogP contribution in [0.4, 0.5) is 0 Å². The molecule has 0 bridgehead atoms. The molecule has 0 aliphatic rings. The third-order valence-electron chi connectivity index (χ3n) is 1.51. The van der Waals surface area contributed by atoms with Gasteiger partial charge in [0.1, 0.15) is 12.7 Å². The lowest BCUT2D eigenvalue weighted by molar-refractivity contribution is 0.0690. The number of nitrogens with zero attached hydrogens (tertiary/aromatic N) is 5. The normalized spacial score (nSPS) is 10.0. The summed E-state index contributed by atoms with van der Waals surface area (Å²) in [5.41, 5.74) is -0.0660. The van der Waals surface area contributed by atoms with Crippen LogP contribution in [0.1, 0.15) is 10.5 Å². The summed E-state index contributed by atoms with van der Waals surface area (Å²) in [5, 5.41) is 15.8. The van der Waals surface area contributed by atoms with Gasteiger partial charge in [0, 0.05) is 6.20 Å². The van der Waals surface area contributed by atoms with E-state index >= 15 is 0 Å². The van der Waals surface area contributed by atoms with Crippen LogP contribution in [0.2, 0.25) is 0 Å². The lowest BCUT2D eigenvalue weighted by Gasteiger charge is -1.98. The van der Waals surface area contributed by atoms with Crippen LogP contribution >= 0.6 is 0 Å². The van der Waals surface area contributed by atoms with Gasteiger partial charge in [0.2, 0.25) is 5.95 Å². The third kappa shape index (κ3) is 1.42. The topological polar surface area (TPSA) is 93.8 Å². The second-order valence-electron chi connectivity index (χ2n) is 2.42. The van der Waals surface area contributed by atoms with Crippen LogP contribution in [-0.4, -0.2) is 35.8 Å². The van der Waals surface area contributed by atoms with E-state index in [9.17, 15) is 4.79 Å². The number of rotatable bonds is 2. The van der Waals surface area contributed by atoms with Gasteiger partial charge in [-0.2, -0.15) is 0 Å². The Kier molecular flexibility index (Phi) is 1.90. The van der Waals surface area contributed by atoms with Crippen LogP contribution < -0.4 is 0 Å². The van der Waals surface area contributed by atoms with Crippen molar-refractivity contribution in [3.63, 3.8) is 0 Å². The van der Waals surface area contributed by atoms with E-state index < -0.39 is 5.97 Å². The number of hydrogen-bond donors (Lipinski definition) is 1. The molecule has 0 unspecified atom stereocenters. The number of aromatic carboxylic acids is 1. The molecule has 2 aromatic rings. The van der Waals surface area contributed by atoms with Gasteiger partial charge in [0.15, 0.2) is 5.69 Å². The maximum atomic E-state index is 10.6. The minimum Gasteiger partial charge on any atom is -0.477 e. The second kappa shape index (κ2) is 3.21. The molecule has 0 atom stereocenters. The van der Waals surface area contributed by atoms with Crippen molar-refractivity contribution < 1.29 is 9.90 Å². The van der Waals surface area contributed by atoms with Crippen molar-refractivity contribution in [1.29, 1.82) is 0 Å². The van der Waals surface area contributed by atoms with E-state index in [2.05, 4.69) is 20.2 Å². The molecule has 0 amide bonds. The molecular weight excluding hydrogens is 186 g/mol. The molecule has 0 fully saturated rings. The van der Waals surface area contributed by atoms with E-state index in [-0.39, 0.29) is 11.6 Å². The van der Waals surface area contributed by atoms with Crippen molar-refractivity contribution in [3.8, 4) is 5.95 Å². The standard InChI is InChI=1S/C7H5N5O2/c13-6(14)5-1-2-8-7(11-5)12-3-9-10-4-12/h1-4H,(H,13,14). The number of hydrogen-bond acceptors (Lipinski definition) is 5. The molecule has 2 aromatic heterocycles. The average Bonchev–Trinajstić information content (AvgIpc) is 2.71. The SMILES string of the molecule is O=C(O)c1ccnc(-n2cnnc2)n1. The van der Waals surface area contributed by atoms with Gasteiger partial charge in [-0.05, 0) is 6.07 Å². The van der Waals surface area contributed by atoms with Crippen LogP contribution in [0, 0.1) is 0 Å². The summed E-state index contributed by atoms with van der Waals surface area (Å²) in [6, 6.07) is 1.32. The highest BCUT2D eigenvalue weighted by atomic mass is 16.4. The summed E-state index contributed by atoms with van der Waals surface area (Å²) in [4.78, 5) is 18.3. The lowest BCUT2D eigenvalue weighted by atomic mass is 10.4. The Balaban J connectivity index is 2.46. The Morgan fingerprint density at radius 2 is 2.07 bits per heavy atom. The summed E-state index contributed by atoms with van der Waals surface area (Å²) in [7, 11) is 0. The highest BCUT2D eigenvalue weighted by Crippen LogP contribution is 1.99. The predicted molar refractivity (Wildman–Crippen MR) is 43.9 cm³/mol. The number of carbonyl (C=O) groups is 1. The van der Waals surface area contributed by atoms with Gasteiger partial charge in [0.05, 0.1) is 0 Å². The van der Waals surface area contributed by atoms with E-state index in [1.54, 1.807) is 0 Å². The zero-order valence-corrected chi connectivity index (χ0v) is 6.90. The minimum atomic E-state index is -1.10. The van der Waals surface area contributed by atoms with Gasteiger partial charge >= 0.3 is 5.97 Å². The van der Waals surface area contributed by atoms with Gasteiger partial charge in [-0.1, -0.05) is 0 Å². The quantitative estimate of drug-likeness (QED) is 0.703. The van der Waals surface area contributed by atoms with Crippen molar-refractivity contribution in [2.24, 2.45) is 0 Å². The van der Waals surface area contributed by atoms with Crippen LogP contribution in [0.3, 0.4) is 0 Å². The molecule has 0 aliphatic carbocycles. The van der Waals surface area contributed by atoms with Crippen molar-refractivity contribution >= 4 is 5.97 Å². The first-order valence-electron chi connectivity index (χ1n) is 3.69. The third-order valence-corrected chi connectivity index (χ3v) is 1.51. The number of carboxylic acid groups (broad SMARTS) is 1. The molecule has 14 heavy (non-hydrogen) atoms. The van der Waals surface area contributed by atoms with E-state index in [1.807, 2.05) is 0 Å². The molecule has 0 aromatic carbocycles. The predicted octanol–water partition coefficient (Wildman–Crippen LogP) is -0.244. The Morgan fingerprint density at radius 3 is 2.71 bits per heavy atom. The first-order chi connectivity index (χ1) is 6.77. The Hall–Kier alpha value is -2.31. The molecule has 7 heteroatoms. The van der Waals surface area contributed by atoms with E-state index in [0.717, 1.165) is 0 Å². The molecule has 70 valence electrons. The molecule has 1 N–H and O–H groups in total. The fraction of sp³-hybridized carbons (Fsp3) is 0. The average molecular weight is 191 g/mol. The van der Waals surface area contributed by atoms with Crippen molar-refractivity contribution in [2.75, 3.05) is 0 Å². The van der Waals surface area contributed by atoms with Crippen LogP contribution in [-0.2, 0) is 0 Å². The van der Waals surface area contributed by atoms with Crippen molar-refractivity contribution in [1.82, 2.24) is 24.7 Å². The molecule has 0 spiro atoms. The Morgan fingerprint density at radius 1 is 1.36 bits per heavy atom. The highest BCUT2D eigenvalue weighted by Gasteiger charge is 2.06. The molecule has 0 aliphatic heterocycles. The maximum absolute atomic E-state index is 10.6. The minimum absolute atomic E-state index is 0.0660. The fourth-order valence-corrected chi connectivity index (χ4v) is 0.896. The van der Waals surface area contributed by atoms with Gasteiger partial charge in [-0.25, -0.2) is 14.8 Å². The molecule has 7 nitrogen and oxygen atoms in total. The lowest BCUT2D eigenvalue weighted by Crippen LogP contribution is -2.05. The molecule has 0 radical (unpaired) electrons. The summed E-state index contributed by atoms with van der Waals surface area (Å²) in [5.74, 6) is -0.864. The molecule has 2 heterocycles. The summed E-state index contributed by atoms with van der Waals surface area (Å²) < 4.78 is 1.42. The van der Waals surface area contributed by atoms with E-state index in [0.29, 0.717) is 0 Å². The largest absolute Gasteiger partial charge is 0.477 e. The summed E-state index contributed by atoms with van der Waals surface area (Å²) >= 11 is 0. The van der Waals surface area contributed by atoms with E-state index in [4.69, 9.17) is 5.11 Å². The summed E-state index contributed by atoms with van der Waals surface area (Å²) in [6.45, 7) is 0. The Labute approximate surface area is 78.1 Å². The maximum Gasteiger partial charge on any atom is 0.354 e. The van der Waals surface area contributed by atoms with Gasteiger partial charge in [-0.15, -0.1) is 10.2 Å². The molecule has 0 saturated heterocycles. The van der Waals surface area contributed by atoms with Gasteiger partial charge < -0.3 is 5.11 Å². The van der Waals surface area contributed by atoms with Gasteiger partial charge in [0.25, 0.3) is 0 Å². The zero-order chi connectivity index (χ0) is 9.97.